The summed E-state index contributed by atoms with van der Waals surface area (Å²) in [6.07, 6.45) is 17.2. The maximum absolute atomic E-state index is 12.6. The second-order valence-electron chi connectivity index (χ2n) is 9.87. The highest BCUT2D eigenvalue weighted by molar-refractivity contribution is 5.73. The monoisotopic (exact) mass is 422 g/mol. The highest BCUT2D eigenvalue weighted by Crippen LogP contribution is 2.34. The Morgan fingerprint density at radius 1 is 0.767 bits per heavy atom. The van der Waals surface area contributed by atoms with E-state index >= 15 is 0 Å². The summed E-state index contributed by atoms with van der Waals surface area (Å²) in [4.78, 5) is 25.0. The summed E-state index contributed by atoms with van der Waals surface area (Å²) in [5.41, 5.74) is 0. The summed E-state index contributed by atoms with van der Waals surface area (Å²) < 4.78 is 11.5. The molecule has 2 aliphatic carbocycles. The molecule has 0 aromatic rings. The van der Waals surface area contributed by atoms with Crippen molar-refractivity contribution in [3.05, 3.63) is 0 Å². The zero-order chi connectivity index (χ0) is 21.8. The first-order chi connectivity index (χ1) is 14.5. The van der Waals surface area contributed by atoms with Crippen LogP contribution < -0.4 is 0 Å². The second kappa shape index (κ2) is 14.1. The highest BCUT2D eigenvalue weighted by atomic mass is 16.5. The number of carbonyl (C=O) groups excluding carboxylic acids is 2. The van der Waals surface area contributed by atoms with Gasteiger partial charge in [-0.3, -0.25) is 9.59 Å². The van der Waals surface area contributed by atoms with E-state index in [0.29, 0.717) is 0 Å². The van der Waals surface area contributed by atoms with E-state index < -0.39 is 0 Å². The van der Waals surface area contributed by atoms with E-state index in [-0.39, 0.29) is 36.0 Å². The number of unbranched alkanes of at least 4 members (excludes halogenated alkanes) is 4. The van der Waals surface area contributed by atoms with Crippen LogP contribution >= 0.6 is 0 Å². The normalized spacial score (nSPS) is 28.0. The largest absolute Gasteiger partial charge is 0.462 e. The Hall–Kier alpha value is -1.06. The van der Waals surface area contributed by atoms with Crippen LogP contribution in [0.2, 0.25) is 0 Å². The molecule has 0 amide bonds. The molecule has 0 aliphatic heterocycles. The van der Waals surface area contributed by atoms with E-state index in [4.69, 9.17) is 9.47 Å². The Morgan fingerprint density at radius 3 is 1.97 bits per heavy atom. The summed E-state index contributed by atoms with van der Waals surface area (Å²) in [6, 6.07) is 0. The van der Waals surface area contributed by atoms with Crippen molar-refractivity contribution in [1.82, 2.24) is 0 Å². The lowest BCUT2D eigenvalue weighted by Gasteiger charge is -2.31. The molecule has 0 bridgehead atoms. The van der Waals surface area contributed by atoms with Gasteiger partial charge in [-0.1, -0.05) is 52.4 Å². The number of hydrogen-bond donors (Lipinski definition) is 0. The molecule has 0 radical (unpaired) electrons. The predicted octanol–water partition coefficient (Wildman–Crippen LogP) is 6.99. The van der Waals surface area contributed by atoms with Crippen LogP contribution in [0, 0.1) is 17.8 Å². The topological polar surface area (TPSA) is 52.6 Å². The molecule has 0 N–H and O–H groups in total. The van der Waals surface area contributed by atoms with E-state index in [0.717, 1.165) is 57.3 Å². The molecule has 2 fully saturated rings. The van der Waals surface area contributed by atoms with E-state index in [1.807, 2.05) is 6.92 Å². The maximum Gasteiger partial charge on any atom is 0.309 e. The van der Waals surface area contributed by atoms with Crippen LogP contribution in [0.1, 0.15) is 124 Å². The fraction of sp³-hybridized carbons (Fsp3) is 0.923. The third-order valence-corrected chi connectivity index (χ3v) is 7.22. The Bertz CT molecular complexity index is 487. The van der Waals surface area contributed by atoms with Crippen molar-refractivity contribution in [2.45, 2.75) is 136 Å². The average molecular weight is 423 g/mol. The molecule has 1 unspecified atom stereocenters. The van der Waals surface area contributed by atoms with Gasteiger partial charge >= 0.3 is 11.9 Å². The van der Waals surface area contributed by atoms with Gasteiger partial charge in [-0.2, -0.15) is 0 Å². The third kappa shape index (κ3) is 8.98. The molecule has 2 saturated carbocycles. The molecule has 0 spiro atoms. The molecular weight excluding hydrogens is 376 g/mol. The van der Waals surface area contributed by atoms with E-state index in [2.05, 4.69) is 13.8 Å². The lowest BCUT2D eigenvalue weighted by molar-refractivity contribution is -0.160. The molecule has 4 heteroatoms. The SMILES string of the molecule is CCCCCC1CCC(C(=O)OC2CCC(C(=O)OC(C)CCCCC)CC2)CC1. The van der Waals surface area contributed by atoms with Gasteiger partial charge in [0.2, 0.25) is 0 Å². The predicted molar refractivity (Wildman–Crippen MR) is 121 cm³/mol. The maximum atomic E-state index is 12.6. The minimum Gasteiger partial charge on any atom is -0.462 e. The van der Waals surface area contributed by atoms with Crippen molar-refractivity contribution >= 4 is 11.9 Å². The molecule has 4 nitrogen and oxygen atoms in total. The van der Waals surface area contributed by atoms with E-state index in [1.165, 1.54) is 51.4 Å². The Kier molecular flexibility index (Phi) is 11.8. The molecule has 0 aromatic carbocycles. The lowest BCUT2D eigenvalue weighted by Crippen LogP contribution is -2.32. The van der Waals surface area contributed by atoms with Crippen molar-refractivity contribution in [2.24, 2.45) is 17.8 Å². The van der Waals surface area contributed by atoms with Crippen molar-refractivity contribution in [3.63, 3.8) is 0 Å². The molecule has 174 valence electrons. The van der Waals surface area contributed by atoms with Gasteiger partial charge in [-0.25, -0.2) is 0 Å². The van der Waals surface area contributed by atoms with Crippen molar-refractivity contribution in [2.75, 3.05) is 0 Å². The summed E-state index contributed by atoms with van der Waals surface area (Å²) in [7, 11) is 0. The summed E-state index contributed by atoms with van der Waals surface area (Å²) in [6.45, 7) is 6.43. The first-order valence-electron chi connectivity index (χ1n) is 12.9. The van der Waals surface area contributed by atoms with Gasteiger partial charge in [0.05, 0.1) is 17.9 Å². The molecule has 2 aliphatic rings. The number of esters is 2. The van der Waals surface area contributed by atoms with Crippen LogP contribution in [0.3, 0.4) is 0 Å². The molecule has 1 atom stereocenters. The zero-order valence-electron chi connectivity index (χ0n) is 19.8. The van der Waals surface area contributed by atoms with Crippen LogP contribution in [0.25, 0.3) is 0 Å². The van der Waals surface area contributed by atoms with Crippen molar-refractivity contribution in [3.8, 4) is 0 Å². The van der Waals surface area contributed by atoms with Gasteiger partial charge in [-0.15, -0.1) is 0 Å². The molecule has 0 heterocycles. The van der Waals surface area contributed by atoms with Crippen LogP contribution in [0.5, 0.6) is 0 Å². The number of hydrogen-bond acceptors (Lipinski definition) is 4. The molecule has 0 saturated heterocycles. The van der Waals surface area contributed by atoms with E-state index in [9.17, 15) is 9.59 Å². The van der Waals surface area contributed by atoms with Crippen molar-refractivity contribution < 1.29 is 19.1 Å². The molecule has 0 aromatic heterocycles. The summed E-state index contributed by atoms with van der Waals surface area (Å²) in [5.74, 6) is 0.848. The van der Waals surface area contributed by atoms with Crippen LogP contribution in [0.15, 0.2) is 0 Å². The quantitative estimate of drug-likeness (QED) is 0.251. The van der Waals surface area contributed by atoms with Crippen LogP contribution in [-0.2, 0) is 19.1 Å². The molecule has 2 rings (SSSR count). The van der Waals surface area contributed by atoms with Gasteiger partial charge in [0, 0.05) is 0 Å². The molecular formula is C26H46O4. The standard InChI is InChI=1S/C26H46O4/c1-4-6-8-10-20(3)29-25(27)23-16-18-24(19-17-23)30-26(28)22-14-12-21(13-15-22)11-9-7-5-2/h20-24H,4-19H2,1-3H3. The Balaban J connectivity index is 1.61. The molecule has 30 heavy (non-hydrogen) atoms. The average Bonchev–Trinajstić information content (AvgIpc) is 2.75. The highest BCUT2D eigenvalue weighted by Gasteiger charge is 2.33. The van der Waals surface area contributed by atoms with Gasteiger partial charge < -0.3 is 9.47 Å². The zero-order valence-corrected chi connectivity index (χ0v) is 19.8. The van der Waals surface area contributed by atoms with Gasteiger partial charge in [-0.05, 0) is 77.0 Å². The van der Waals surface area contributed by atoms with Gasteiger partial charge in [0.25, 0.3) is 0 Å². The fourth-order valence-corrected chi connectivity index (χ4v) is 5.08. The number of rotatable bonds is 12. The Labute approximate surface area is 184 Å². The van der Waals surface area contributed by atoms with Gasteiger partial charge in [0.15, 0.2) is 0 Å². The number of ether oxygens (including phenoxy) is 2. The lowest BCUT2D eigenvalue weighted by atomic mass is 9.79. The summed E-state index contributed by atoms with van der Waals surface area (Å²) >= 11 is 0. The number of carbonyl (C=O) groups is 2. The summed E-state index contributed by atoms with van der Waals surface area (Å²) in [5, 5.41) is 0. The second-order valence-corrected chi connectivity index (χ2v) is 9.87. The van der Waals surface area contributed by atoms with Gasteiger partial charge in [0.1, 0.15) is 6.10 Å². The Morgan fingerprint density at radius 2 is 1.33 bits per heavy atom. The van der Waals surface area contributed by atoms with E-state index in [1.54, 1.807) is 0 Å². The minimum atomic E-state index is -0.0508. The smallest absolute Gasteiger partial charge is 0.309 e. The van der Waals surface area contributed by atoms with Crippen LogP contribution in [0.4, 0.5) is 0 Å². The first kappa shape index (κ1) is 25.2. The third-order valence-electron chi connectivity index (χ3n) is 7.22. The van der Waals surface area contributed by atoms with Crippen LogP contribution in [-0.4, -0.2) is 24.1 Å². The first-order valence-corrected chi connectivity index (χ1v) is 12.9. The fourth-order valence-electron chi connectivity index (χ4n) is 5.08. The minimum absolute atomic E-state index is 0.00851. The van der Waals surface area contributed by atoms with Crippen molar-refractivity contribution in [1.29, 1.82) is 0 Å².